The van der Waals surface area contributed by atoms with Gasteiger partial charge in [-0.05, 0) is 54.3 Å². The number of amides is 1. The lowest BCUT2D eigenvalue weighted by atomic mass is 9.99. The highest BCUT2D eigenvalue weighted by molar-refractivity contribution is 7.10. The zero-order valence-electron chi connectivity index (χ0n) is 17.4. The summed E-state index contributed by atoms with van der Waals surface area (Å²) in [4.78, 5) is 19.0. The van der Waals surface area contributed by atoms with E-state index in [0.29, 0.717) is 18.9 Å². The Bertz CT molecular complexity index is 842. The smallest absolute Gasteiger partial charge is 0.222 e. The molecule has 1 aromatic carbocycles. The summed E-state index contributed by atoms with van der Waals surface area (Å²) in [5.41, 5.74) is 2.56. The molecule has 0 atom stereocenters. The van der Waals surface area contributed by atoms with Gasteiger partial charge in [0.05, 0.1) is 14.2 Å². The number of hydrogen-bond donors (Lipinski definition) is 0. The Morgan fingerprint density at radius 2 is 1.97 bits per heavy atom. The van der Waals surface area contributed by atoms with Gasteiger partial charge in [-0.15, -0.1) is 11.3 Å². The van der Waals surface area contributed by atoms with E-state index >= 15 is 0 Å². The Kier molecular flexibility index (Phi) is 6.40. The predicted octanol–water partition coefficient (Wildman–Crippen LogP) is 3.75. The van der Waals surface area contributed by atoms with Gasteiger partial charge in [0.15, 0.2) is 0 Å². The van der Waals surface area contributed by atoms with Gasteiger partial charge in [-0.2, -0.15) is 0 Å². The number of likely N-dealkylation sites (tertiary alicyclic amines) is 1. The lowest BCUT2D eigenvalue weighted by Crippen LogP contribution is -2.47. The summed E-state index contributed by atoms with van der Waals surface area (Å²) in [5.74, 6) is 1.81. The Morgan fingerprint density at radius 1 is 1.14 bits per heavy atom. The van der Waals surface area contributed by atoms with E-state index in [2.05, 4.69) is 16.3 Å². The number of methoxy groups -OCH3 is 2. The van der Waals surface area contributed by atoms with Crippen LogP contribution in [0.5, 0.6) is 11.5 Å². The van der Waals surface area contributed by atoms with Crippen molar-refractivity contribution in [1.29, 1.82) is 0 Å². The van der Waals surface area contributed by atoms with Crippen LogP contribution in [-0.2, 0) is 24.2 Å². The summed E-state index contributed by atoms with van der Waals surface area (Å²) < 4.78 is 10.7. The lowest BCUT2D eigenvalue weighted by Gasteiger charge is -2.40. The molecule has 1 amide bonds. The van der Waals surface area contributed by atoms with E-state index in [1.54, 1.807) is 19.1 Å². The van der Waals surface area contributed by atoms with Gasteiger partial charge >= 0.3 is 0 Å². The van der Waals surface area contributed by atoms with E-state index in [-0.39, 0.29) is 5.91 Å². The van der Waals surface area contributed by atoms with E-state index in [0.717, 1.165) is 56.1 Å². The van der Waals surface area contributed by atoms with Crippen LogP contribution in [0.2, 0.25) is 0 Å². The van der Waals surface area contributed by atoms with E-state index in [1.165, 1.54) is 12.0 Å². The molecule has 1 fully saturated rings. The third-order valence-corrected chi connectivity index (χ3v) is 7.30. The number of ether oxygens (including phenoxy) is 2. The van der Waals surface area contributed by atoms with E-state index in [9.17, 15) is 4.79 Å². The maximum Gasteiger partial charge on any atom is 0.222 e. The highest BCUT2D eigenvalue weighted by atomic mass is 32.1. The third-order valence-electron chi connectivity index (χ3n) is 6.27. The van der Waals surface area contributed by atoms with Crippen molar-refractivity contribution in [3.8, 4) is 11.5 Å². The first-order valence-electron chi connectivity index (χ1n) is 10.5. The minimum absolute atomic E-state index is 0.250. The summed E-state index contributed by atoms with van der Waals surface area (Å²) in [6.07, 6.45) is 4.55. The average Bonchev–Trinajstić information content (AvgIpc) is 3.25. The topological polar surface area (TPSA) is 42.0 Å². The van der Waals surface area contributed by atoms with E-state index < -0.39 is 0 Å². The molecule has 4 rings (SSSR count). The first-order valence-corrected chi connectivity index (χ1v) is 11.3. The van der Waals surface area contributed by atoms with Crippen molar-refractivity contribution in [3.05, 3.63) is 45.6 Å². The van der Waals surface area contributed by atoms with Crippen LogP contribution in [0.25, 0.3) is 0 Å². The molecule has 0 saturated carbocycles. The molecule has 2 aliphatic rings. The molecule has 0 bridgehead atoms. The molecule has 2 aromatic rings. The van der Waals surface area contributed by atoms with Gasteiger partial charge in [-0.3, -0.25) is 9.69 Å². The van der Waals surface area contributed by atoms with Gasteiger partial charge in [0.2, 0.25) is 5.91 Å². The SMILES string of the molecule is COc1ccc(CCC(=O)N2CCC(N3CCc4sccc4C3)CC2)c(OC)c1. The number of piperidine rings is 1. The maximum absolute atomic E-state index is 12.8. The highest BCUT2D eigenvalue weighted by Crippen LogP contribution is 2.29. The van der Waals surface area contributed by atoms with Gasteiger partial charge in [0.1, 0.15) is 11.5 Å². The van der Waals surface area contributed by atoms with Crippen molar-refractivity contribution < 1.29 is 14.3 Å². The molecule has 5 nitrogen and oxygen atoms in total. The Morgan fingerprint density at radius 3 is 2.72 bits per heavy atom. The van der Waals surface area contributed by atoms with Gasteiger partial charge in [0.25, 0.3) is 0 Å². The number of thiophene rings is 1. The lowest BCUT2D eigenvalue weighted by molar-refractivity contribution is -0.132. The minimum Gasteiger partial charge on any atom is -0.497 e. The second-order valence-electron chi connectivity index (χ2n) is 7.88. The molecule has 156 valence electrons. The second kappa shape index (κ2) is 9.18. The number of nitrogens with zero attached hydrogens (tertiary/aromatic N) is 2. The molecule has 6 heteroatoms. The van der Waals surface area contributed by atoms with Crippen molar-refractivity contribution in [2.75, 3.05) is 33.9 Å². The zero-order valence-corrected chi connectivity index (χ0v) is 18.2. The zero-order chi connectivity index (χ0) is 20.2. The van der Waals surface area contributed by atoms with Crippen LogP contribution in [0.3, 0.4) is 0 Å². The number of hydrogen-bond acceptors (Lipinski definition) is 5. The van der Waals surface area contributed by atoms with Crippen molar-refractivity contribution in [2.45, 2.75) is 44.7 Å². The maximum atomic E-state index is 12.8. The van der Waals surface area contributed by atoms with Gasteiger partial charge in [-0.25, -0.2) is 0 Å². The van der Waals surface area contributed by atoms with Crippen LogP contribution in [0.1, 0.15) is 35.3 Å². The van der Waals surface area contributed by atoms with Crippen LogP contribution < -0.4 is 9.47 Å². The molecule has 1 aromatic heterocycles. The Hall–Kier alpha value is -2.05. The molecule has 0 radical (unpaired) electrons. The predicted molar refractivity (Wildman–Crippen MR) is 116 cm³/mol. The minimum atomic E-state index is 0.250. The molecule has 3 heterocycles. The number of benzene rings is 1. The normalized spacial score (nSPS) is 17.8. The number of fused-ring (bicyclic) bond motifs is 1. The summed E-state index contributed by atoms with van der Waals surface area (Å²) in [5, 5.41) is 2.22. The first kappa shape index (κ1) is 20.2. The van der Waals surface area contributed by atoms with E-state index in [1.807, 2.05) is 34.4 Å². The molecule has 0 unspecified atom stereocenters. The molecule has 2 aliphatic heterocycles. The molecule has 0 N–H and O–H groups in total. The third kappa shape index (κ3) is 4.59. The number of rotatable bonds is 6. The molecular weight excluding hydrogens is 384 g/mol. The first-order chi connectivity index (χ1) is 14.2. The van der Waals surface area contributed by atoms with Gasteiger partial charge < -0.3 is 14.4 Å². The van der Waals surface area contributed by atoms with Crippen LogP contribution in [-0.4, -0.2) is 55.6 Å². The van der Waals surface area contributed by atoms with Gasteiger partial charge in [-0.1, -0.05) is 6.07 Å². The number of carbonyl (C=O) groups excluding carboxylic acids is 1. The Labute approximate surface area is 177 Å². The van der Waals surface area contributed by atoms with Crippen LogP contribution >= 0.6 is 11.3 Å². The van der Waals surface area contributed by atoms with Crippen molar-refractivity contribution in [3.63, 3.8) is 0 Å². The summed E-state index contributed by atoms with van der Waals surface area (Å²) in [6.45, 7) is 3.98. The summed E-state index contributed by atoms with van der Waals surface area (Å²) in [7, 11) is 3.30. The van der Waals surface area contributed by atoms with Crippen LogP contribution in [0, 0.1) is 0 Å². The fourth-order valence-electron chi connectivity index (χ4n) is 4.52. The number of aryl methyl sites for hydroxylation is 1. The molecule has 0 spiro atoms. The van der Waals surface area contributed by atoms with Crippen molar-refractivity contribution >= 4 is 17.2 Å². The molecular formula is C23H30N2O3S. The molecule has 1 saturated heterocycles. The van der Waals surface area contributed by atoms with Crippen molar-refractivity contribution in [2.24, 2.45) is 0 Å². The summed E-state index contributed by atoms with van der Waals surface area (Å²) in [6, 6.07) is 8.67. The fourth-order valence-corrected chi connectivity index (χ4v) is 5.41. The average molecular weight is 415 g/mol. The molecule has 0 aliphatic carbocycles. The second-order valence-corrected chi connectivity index (χ2v) is 8.88. The fraction of sp³-hybridized carbons (Fsp3) is 0.522. The monoisotopic (exact) mass is 414 g/mol. The van der Waals surface area contributed by atoms with Gasteiger partial charge in [0, 0.05) is 49.6 Å². The van der Waals surface area contributed by atoms with Crippen LogP contribution in [0.15, 0.2) is 29.6 Å². The molecule has 29 heavy (non-hydrogen) atoms. The number of carbonyl (C=O) groups is 1. The van der Waals surface area contributed by atoms with Crippen LogP contribution in [0.4, 0.5) is 0 Å². The highest BCUT2D eigenvalue weighted by Gasteiger charge is 2.29. The van der Waals surface area contributed by atoms with E-state index in [4.69, 9.17) is 9.47 Å². The summed E-state index contributed by atoms with van der Waals surface area (Å²) >= 11 is 1.89. The quantitative estimate of drug-likeness (QED) is 0.722. The van der Waals surface area contributed by atoms with Crippen molar-refractivity contribution in [1.82, 2.24) is 9.80 Å². The standard InChI is InChI=1S/C23H30N2O3S/c1-27-20-5-3-17(21(15-20)28-2)4-6-23(26)24-11-7-19(8-12-24)25-13-9-22-18(16-25)10-14-29-22/h3,5,10,14-15,19H,4,6-9,11-13,16H2,1-2H3. The largest absolute Gasteiger partial charge is 0.497 e. The Balaban J connectivity index is 1.26.